The number of carbonyl (C=O) groups excluding carboxylic acids is 1. The van der Waals surface area contributed by atoms with Crippen LogP contribution in [0.1, 0.15) is 21.1 Å². The maximum atomic E-state index is 13.2. The molecule has 0 spiro atoms. The van der Waals surface area contributed by atoms with Crippen LogP contribution in [-0.4, -0.2) is 53.2 Å². The molecule has 4 aromatic rings. The summed E-state index contributed by atoms with van der Waals surface area (Å²) in [5.74, 6) is 1.79. The van der Waals surface area contributed by atoms with E-state index >= 15 is 0 Å². The summed E-state index contributed by atoms with van der Waals surface area (Å²) >= 11 is 1.38. The van der Waals surface area contributed by atoms with Crippen molar-refractivity contribution in [2.45, 2.75) is 12.8 Å². The number of nitro benzene ring substituents is 1. The van der Waals surface area contributed by atoms with Crippen LogP contribution >= 0.6 is 11.3 Å². The number of thiophene rings is 1. The van der Waals surface area contributed by atoms with E-state index in [2.05, 4.69) is 10.1 Å². The topological polar surface area (TPSA) is 121 Å². The summed E-state index contributed by atoms with van der Waals surface area (Å²) in [6.45, 7) is 0.832. The minimum absolute atomic E-state index is 0.0540. The zero-order valence-corrected chi connectivity index (χ0v) is 20.6. The van der Waals surface area contributed by atoms with Crippen LogP contribution in [0.15, 0.2) is 64.5 Å². The van der Waals surface area contributed by atoms with Crippen molar-refractivity contribution in [2.75, 3.05) is 27.3 Å². The Morgan fingerprint density at radius 3 is 2.58 bits per heavy atom. The van der Waals surface area contributed by atoms with Gasteiger partial charge in [-0.2, -0.15) is 4.98 Å². The fourth-order valence-corrected chi connectivity index (χ4v) is 4.32. The number of rotatable bonds is 11. The Hall–Kier alpha value is -4.25. The van der Waals surface area contributed by atoms with E-state index in [1.165, 1.54) is 23.5 Å². The van der Waals surface area contributed by atoms with E-state index < -0.39 is 4.92 Å². The largest absolute Gasteiger partial charge is 0.493 e. The molecule has 4 rings (SSSR count). The number of hydrogen-bond donors (Lipinski definition) is 0. The fourth-order valence-electron chi connectivity index (χ4n) is 3.63. The highest BCUT2D eigenvalue weighted by atomic mass is 32.1. The number of aromatic nitrogens is 2. The van der Waals surface area contributed by atoms with Gasteiger partial charge in [-0.05, 0) is 35.6 Å². The number of ether oxygens (including phenoxy) is 2. The average molecular weight is 509 g/mol. The number of methoxy groups -OCH3 is 2. The van der Waals surface area contributed by atoms with E-state index in [0.717, 1.165) is 5.56 Å². The summed E-state index contributed by atoms with van der Waals surface area (Å²) < 4.78 is 16.0. The second-order valence-corrected chi connectivity index (χ2v) is 8.73. The zero-order valence-electron chi connectivity index (χ0n) is 19.7. The van der Waals surface area contributed by atoms with Gasteiger partial charge in [0.05, 0.1) is 24.0 Å². The van der Waals surface area contributed by atoms with Crippen LogP contribution in [0.5, 0.6) is 11.5 Å². The maximum absolute atomic E-state index is 13.2. The van der Waals surface area contributed by atoms with E-state index in [4.69, 9.17) is 14.0 Å². The van der Waals surface area contributed by atoms with Crippen molar-refractivity contribution in [3.63, 3.8) is 0 Å². The molecule has 2 aromatic carbocycles. The molecule has 0 atom stereocenters. The van der Waals surface area contributed by atoms with Crippen LogP contribution in [0.3, 0.4) is 0 Å². The lowest BCUT2D eigenvalue weighted by Crippen LogP contribution is -2.34. The average Bonchev–Trinajstić information content (AvgIpc) is 3.61. The molecule has 0 unspecified atom stereocenters. The zero-order chi connectivity index (χ0) is 25.5. The molecule has 10 nitrogen and oxygen atoms in total. The summed E-state index contributed by atoms with van der Waals surface area (Å²) in [5, 5.41) is 16.9. The number of benzene rings is 2. The van der Waals surface area contributed by atoms with Crippen LogP contribution in [0, 0.1) is 10.1 Å². The molecule has 0 saturated heterocycles. The smallest absolute Gasteiger partial charge is 0.270 e. The number of hydrogen-bond acceptors (Lipinski definition) is 9. The first-order valence-corrected chi connectivity index (χ1v) is 12.0. The fraction of sp³-hybridized carbons (Fsp3) is 0.240. The van der Waals surface area contributed by atoms with Crippen LogP contribution in [0.25, 0.3) is 11.4 Å². The molecule has 1 amide bonds. The molecule has 2 heterocycles. The van der Waals surface area contributed by atoms with Crippen LogP contribution in [0.2, 0.25) is 0 Å². The Bertz CT molecular complexity index is 1340. The second-order valence-electron chi connectivity index (χ2n) is 7.78. The monoisotopic (exact) mass is 508 g/mol. The number of amides is 1. The number of nitrogens with zero attached hydrogens (tertiary/aromatic N) is 4. The molecule has 11 heteroatoms. The molecule has 0 aliphatic heterocycles. The maximum Gasteiger partial charge on any atom is 0.270 e. The molecule has 36 heavy (non-hydrogen) atoms. The molecule has 0 saturated carbocycles. The summed E-state index contributed by atoms with van der Waals surface area (Å²) in [6, 6.07) is 15.4. The van der Waals surface area contributed by atoms with Gasteiger partial charge in [-0.1, -0.05) is 29.4 Å². The van der Waals surface area contributed by atoms with Crippen molar-refractivity contribution < 1.29 is 23.7 Å². The first-order valence-electron chi connectivity index (χ1n) is 11.1. The Kier molecular flexibility index (Phi) is 7.91. The van der Waals surface area contributed by atoms with E-state index in [-0.39, 0.29) is 17.4 Å². The molecule has 0 bridgehead atoms. The Morgan fingerprint density at radius 1 is 1.06 bits per heavy atom. The third-order valence-corrected chi connectivity index (χ3v) is 6.37. The Balaban J connectivity index is 1.46. The van der Waals surface area contributed by atoms with Crippen molar-refractivity contribution in [3.8, 4) is 22.9 Å². The predicted molar refractivity (Wildman–Crippen MR) is 134 cm³/mol. The summed E-state index contributed by atoms with van der Waals surface area (Å²) in [4.78, 5) is 30.5. The first kappa shape index (κ1) is 24.9. The van der Waals surface area contributed by atoms with Crippen molar-refractivity contribution in [3.05, 3.63) is 86.4 Å². The van der Waals surface area contributed by atoms with Gasteiger partial charge in [-0.3, -0.25) is 14.9 Å². The van der Waals surface area contributed by atoms with Crippen molar-refractivity contribution in [2.24, 2.45) is 0 Å². The number of non-ortho nitro benzene ring substituents is 1. The molecule has 2 aromatic heterocycles. The van der Waals surface area contributed by atoms with Crippen LogP contribution < -0.4 is 9.47 Å². The molecule has 186 valence electrons. The second kappa shape index (κ2) is 11.5. The molecule has 0 radical (unpaired) electrons. The highest BCUT2D eigenvalue weighted by Crippen LogP contribution is 2.28. The van der Waals surface area contributed by atoms with E-state index in [9.17, 15) is 14.9 Å². The molecule has 0 N–H and O–H groups in total. The highest BCUT2D eigenvalue weighted by Gasteiger charge is 2.19. The standard InChI is InChI=1S/C25H24N4O6S/c1-33-20-9-8-17(15-21(20)34-2)10-12-28(25(30)22-7-4-14-36-22)13-11-23-26-24(27-35-23)18-5-3-6-19(16-18)29(31)32/h3-9,14-16H,10-13H2,1-2H3. The van der Waals surface area contributed by atoms with E-state index in [0.29, 0.717) is 53.8 Å². The SMILES string of the molecule is COc1ccc(CCN(CCc2nc(-c3cccc([N+](=O)[O-])c3)no2)C(=O)c2cccs2)cc1OC. The van der Waals surface area contributed by atoms with Gasteiger partial charge < -0.3 is 18.9 Å². The van der Waals surface area contributed by atoms with Crippen molar-refractivity contribution in [1.29, 1.82) is 0 Å². The minimum atomic E-state index is -0.475. The van der Waals surface area contributed by atoms with Crippen LogP contribution in [0.4, 0.5) is 5.69 Å². The first-order chi connectivity index (χ1) is 17.5. The summed E-state index contributed by atoms with van der Waals surface area (Å²) in [5.41, 5.74) is 1.43. The summed E-state index contributed by atoms with van der Waals surface area (Å²) in [6.07, 6.45) is 0.950. The number of nitro groups is 1. The lowest BCUT2D eigenvalue weighted by molar-refractivity contribution is -0.384. The van der Waals surface area contributed by atoms with Gasteiger partial charge in [-0.25, -0.2) is 0 Å². The van der Waals surface area contributed by atoms with Gasteiger partial charge in [-0.15, -0.1) is 11.3 Å². The Morgan fingerprint density at radius 2 is 1.86 bits per heavy atom. The lowest BCUT2D eigenvalue weighted by atomic mass is 10.1. The highest BCUT2D eigenvalue weighted by molar-refractivity contribution is 7.12. The Labute approximate surface area is 211 Å². The van der Waals surface area contributed by atoms with Crippen molar-refractivity contribution in [1.82, 2.24) is 15.0 Å². The molecule has 0 aliphatic carbocycles. The van der Waals surface area contributed by atoms with Gasteiger partial charge in [0, 0.05) is 37.2 Å². The van der Waals surface area contributed by atoms with Gasteiger partial charge in [0.25, 0.3) is 11.6 Å². The van der Waals surface area contributed by atoms with Gasteiger partial charge in [0.1, 0.15) is 0 Å². The van der Waals surface area contributed by atoms with Gasteiger partial charge >= 0.3 is 0 Å². The molecular weight excluding hydrogens is 484 g/mol. The predicted octanol–water partition coefficient (Wildman–Crippen LogP) is 4.65. The number of carbonyl (C=O) groups is 1. The third kappa shape index (κ3) is 5.87. The van der Waals surface area contributed by atoms with Crippen LogP contribution in [-0.2, 0) is 12.8 Å². The van der Waals surface area contributed by atoms with Gasteiger partial charge in [0.2, 0.25) is 11.7 Å². The molecule has 0 fully saturated rings. The lowest BCUT2D eigenvalue weighted by Gasteiger charge is -2.22. The molecule has 0 aliphatic rings. The summed E-state index contributed by atoms with van der Waals surface area (Å²) in [7, 11) is 3.17. The third-order valence-electron chi connectivity index (χ3n) is 5.52. The van der Waals surface area contributed by atoms with E-state index in [1.54, 1.807) is 37.3 Å². The normalized spacial score (nSPS) is 10.7. The quantitative estimate of drug-likeness (QED) is 0.212. The molecular formula is C25H24N4O6S. The van der Waals surface area contributed by atoms with E-state index in [1.807, 2.05) is 29.6 Å². The van der Waals surface area contributed by atoms with Crippen molar-refractivity contribution >= 4 is 22.9 Å². The van der Waals surface area contributed by atoms with Gasteiger partial charge in [0.15, 0.2) is 11.5 Å². The minimum Gasteiger partial charge on any atom is -0.493 e.